The minimum atomic E-state index is -0.397. The van der Waals surface area contributed by atoms with E-state index in [4.69, 9.17) is 0 Å². The molecule has 1 aromatic heterocycles. The van der Waals surface area contributed by atoms with Gasteiger partial charge in [0.1, 0.15) is 11.6 Å². The van der Waals surface area contributed by atoms with Crippen molar-refractivity contribution in [3.63, 3.8) is 0 Å². The minimum Gasteiger partial charge on any atom is -0.305 e. The van der Waals surface area contributed by atoms with E-state index in [1.54, 1.807) is 0 Å². The smallest absolute Gasteiger partial charge is 0.270 e. The van der Waals surface area contributed by atoms with Crippen LogP contribution >= 0.6 is 11.8 Å². The fourth-order valence-electron chi connectivity index (χ4n) is 2.08. The zero-order valence-electron chi connectivity index (χ0n) is 12.2. The van der Waals surface area contributed by atoms with Gasteiger partial charge in [-0.05, 0) is 25.9 Å². The Kier molecular flexibility index (Phi) is 4.78. The van der Waals surface area contributed by atoms with Gasteiger partial charge < -0.3 is 9.88 Å². The van der Waals surface area contributed by atoms with E-state index in [1.807, 2.05) is 55.6 Å². The number of nitrogens with one attached hydrogen (secondary N) is 1. The highest BCUT2D eigenvalue weighted by atomic mass is 32.2. The van der Waals surface area contributed by atoms with Gasteiger partial charge in [0.25, 0.3) is 5.56 Å². The van der Waals surface area contributed by atoms with Crippen LogP contribution in [0.2, 0.25) is 0 Å². The van der Waals surface area contributed by atoms with Crippen molar-refractivity contribution in [2.24, 2.45) is 0 Å². The molecule has 1 N–H and O–H groups in total. The predicted molar refractivity (Wildman–Crippen MR) is 84.2 cm³/mol. The van der Waals surface area contributed by atoms with Crippen molar-refractivity contribution in [3.8, 4) is 17.3 Å². The second-order valence-corrected chi connectivity index (χ2v) is 5.60. The summed E-state index contributed by atoms with van der Waals surface area (Å²) in [6.45, 7) is 0.712. The molecule has 0 saturated heterocycles. The van der Waals surface area contributed by atoms with E-state index < -0.39 is 5.56 Å². The maximum Gasteiger partial charge on any atom is 0.270 e. The Hall–Kier alpha value is -2.10. The summed E-state index contributed by atoms with van der Waals surface area (Å²) < 4.78 is 0. The highest BCUT2D eigenvalue weighted by Crippen LogP contribution is 2.25. The zero-order valence-corrected chi connectivity index (χ0v) is 13.0. The number of H-pyrrole nitrogens is 1. The standard InChI is InChI=1S/C15H16N4OS/c1-19(2)9-10-6-4-5-7-11(10)13-12(8-16)14(20)18-15(17-13)21-3/h4-7H,9H2,1-3H3,(H,17,18,20). The van der Waals surface area contributed by atoms with Crippen LogP contribution in [-0.4, -0.2) is 35.2 Å². The number of benzene rings is 1. The minimum absolute atomic E-state index is 0.0546. The van der Waals surface area contributed by atoms with Gasteiger partial charge in [-0.15, -0.1) is 0 Å². The molecule has 1 aromatic carbocycles. The molecular formula is C15H16N4OS. The zero-order chi connectivity index (χ0) is 15.4. The summed E-state index contributed by atoms with van der Waals surface area (Å²) in [4.78, 5) is 21.1. The van der Waals surface area contributed by atoms with E-state index in [0.717, 1.165) is 11.1 Å². The summed E-state index contributed by atoms with van der Waals surface area (Å²) >= 11 is 1.34. The summed E-state index contributed by atoms with van der Waals surface area (Å²) in [6.07, 6.45) is 1.83. The predicted octanol–water partition coefficient (Wildman–Crippen LogP) is 2.09. The van der Waals surface area contributed by atoms with E-state index in [9.17, 15) is 10.1 Å². The van der Waals surface area contributed by atoms with Crippen molar-refractivity contribution in [2.75, 3.05) is 20.4 Å². The average Bonchev–Trinajstić information content (AvgIpc) is 2.46. The molecule has 0 radical (unpaired) electrons. The Bertz CT molecular complexity index is 746. The van der Waals surface area contributed by atoms with Gasteiger partial charge in [-0.25, -0.2) is 4.98 Å². The number of nitriles is 1. The van der Waals surface area contributed by atoms with Crippen LogP contribution in [0.4, 0.5) is 0 Å². The lowest BCUT2D eigenvalue weighted by molar-refractivity contribution is 0.403. The molecule has 6 heteroatoms. The maximum atomic E-state index is 12.0. The summed E-state index contributed by atoms with van der Waals surface area (Å²) in [5.74, 6) is 0. The number of aromatic nitrogens is 2. The second kappa shape index (κ2) is 6.57. The van der Waals surface area contributed by atoms with Gasteiger partial charge in [0.15, 0.2) is 5.16 Å². The molecule has 0 unspecified atom stereocenters. The molecule has 2 aromatic rings. The highest BCUT2D eigenvalue weighted by molar-refractivity contribution is 7.98. The number of hydrogen-bond acceptors (Lipinski definition) is 5. The molecule has 0 amide bonds. The fraction of sp³-hybridized carbons (Fsp3) is 0.267. The first kappa shape index (κ1) is 15.3. The van der Waals surface area contributed by atoms with Crippen LogP contribution in [-0.2, 0) is 6.54 Å². The average molecular weight is 300 g/mol. The van der Waals surface area contributed by atoms with Crippen molar-refractivity contribution < 1.29 is 0 Å². The molecule has 0 aliphatic rings. The Labute approximate surface area is 127 Å². The van der Waals surface area contributed by atoms with E-state index >= 15 is 0 Å². The Morgan fingerprint density at radius 3 is 2.71 bits per heavy atom. The molecule has 0 fully saturated rings. The molecule has 5 nitrogen and oxygen atoms in total. The van der Waals surface area contributed by atoms with Gasteiger partial charge in [0.05, 0.1) is 5.69 Å². The van der Waals surface area contributed by atoms with E-state index in [0.29, 0.717) is 17.4 Å². The molecule has 0 aliphatic heterocycles. The van der Waals surface area contributed by atoms with Gasteiger partial charge in [0.2, 0.25) is 0 Å². The Balaban J connectivity index is 2.70. The van der Waals surface area contributed by atoms with Crippen molar-refractivity contribution >= 4 is 11.8 Å². The van der Waals surface area contributed by atoms with Gasteiger partial charge in [-0.2, -0.15) is 5.26 Å². The van der Waals surface area contributed by atoms with Gasteiger partial charge >= 0.3 is 0 Å². The maximum absolute atomic E-state index is 12.0. The lowest BCUT2D eigenvalue weighted by Gasteiger charge is -2.14. The molecule has 21 heavy (non-hydrogen) atoms. The monoisotopic (exact) mass is 300 g/mol. The SMILES string of the molecule is CSc1nc(-c2ccccc2CN(C)C)c(C#N)c(=O)[nH]1. The molecule has 0 saturated carbocycles. The number of nitrogens with zero attached hydrogens (tertiary/aromatic N) is 3. The summed E-state index contributed by atoms with van der Waals surface area (Å²) in [7, 11) is 3.95. The molecule has 0 bridgehead atoms. The van der Waals surface area contributed by atoms with Crippen LogP contribution in [0.3, 0.4) is 0 Å². The first-order valence-corrected chi connectivity index (χ1v) is 7.60. The van der Waals surface area contributed by atoms with Crippen LogP contribution in [0.5, 0.6) is 0 Å². The highest BCUT2D eigenvalue weighted by Gasteiger charge is 2.16. The lowest BCUT2D eigenvalue weighted by Crippen LogP contribution is -2.16. The molecule has 1 heterocycles. The first-order valence-electron chi connectivity index (χ1n) is 6.38. The number of rotatable bonds is 4. The molecule has 2 rings (SSSR count). The van der Waals surface area contributed by atoms with Crippen molar-refractivity contribution in [2.45, 2.75) is 11.7 Å². The summed E-state index contributed by atoms with van der Waals surface area (Å²) in [6, 6.07) is 9.67. The normalized spacial score (nSPS) is 10.6. The number of aromatic amines is 1. The third-order valence-electron chi connectivity index (χ3n) is 2.96. The van der Waals surface area contributed by atoms with Gasteiger partial charge in [-0.3, -0.25) is 4.79 Å². The quantitative estimate of drug-likeness (QED) is 0.691. The molecule has 0 spiro atoms. The van der Waals surface area contributed by atoms with Crippen LogP contribution < -0.4 is 5.56 Å². The largest absolute Gasteiger partial charge is 0.305 e. The van der Waals surface area contributed by atoms with Crippen molar-refractivity contribution in [1.29, 1.82) is 5.26 Å². The lowest BCUT2D eigenvalue weighted by atomic mass is 10.0. The van der Waals surface area contributed by atoms with E-state index in [2.05, 4.69) is 9.97 Å². The molecule has 108 valence electrons. The fourth-order valence-corrected chi connectivity index (χ4v) is 2.46. The molecule has 0 atom stereocenters. The second-order valence-electron chi connectivity index (χ2n) is 4.81. The van der Waals surface area contributed by atoms with Crippen molar-refractivity contribution in [3.05, 3.63) is 45.7 Å². The van der Waals surface area contributed by atoms with Crippen LogP contribution in [0.1, 0.15) is 11.1 Å². The molecule has 0 aliphatic carbocycles. The summed E-state index contributed by atoms with van der Waals surface area (Å²) in [5, 5.41) is 9.78. The van der Waals surface area contributed by atoms with Crippen molar-refractivity contribution in [1.82, 2.24) is 14.9 Å². The Morgan fingerprint density at radius 1 is 1.38 bits per heavy atom. The summed E-state index contributed by atoms with van der Waals surface area (Å²) in [5.41, 5.74) is 1.96. The number of thioether (sulfide) groups is 1. The first-order chi connectivity index (χ1) is 10.1. The number of hydrogen-bond donors (Lipinski definition) is 1. The molecular weight excluding hydrogens is 284 g/mol. The Morgan fingerprint density at radius 2 is 2.10 bits per heavy atom. The third-order valence-corrected chi connectivity index (χ3v) is 3.54. The van der Waals surface area contributed by atoms with Crippen LogP contribution in [0.15, 0.2) is 34.2 Å². The van der Waals surface area contributed by atoms with E-state index in [-0.39, 0.29) is 5.56 Å². The van der Waals surface area contributed by atoms with Gasteiger partial charge in [-0.1, -0.05) is 36.0 Å². The van der Waals surface area contributed by atoms with E-state index in [1.165, 1.54) is 11.8 Å². The van der Waals surface area contributed by atoms with Crippen LogP contribution in [0.25, 0.3) is 11.3 Å². The topological polar surface area (TPSA) is 72.8 Å². The van der Waals surface area contributed by atoms with Gasteiger partial charge in [0, 0.05) is 12.1 Å². The third kappa shape index (κ3) is 3.32. The van der Waals surface area contributed by atoms with Crippen LogP contribution in [0, 0.1) is 11.3 Å².